The highest BCUT2D eigenvalue weighted by Gasteiger charge is 2.13. The lowest BCUT2D eigenvalue weighted by Crippen LogP contribution is -2.40. The van der Waals surface area contributed by atoms with E-state index in [9.17, 15) is 9.59 Å². The van der Waals surface area contributed by atoms with E-state index in [0.717, 1.165) is 11.3 Å². The van der Waals surface area contributed by atoms with Gasteiger partial charge in [-0.2, -0.15) is 0 Å². The Hall–Kier alpha value is -2.04. The third-order valence-electron chi connectivity index (χ3n) is 2.47. The lowest BCUT2D eigenvalue weighted by molar-refractivity contribution is -0.141. The van der Waals surface area contributed by atoms with Gasteiger partial charge in [0.15, 0.2) is 0 Å². The van der Waals surface area contributed by atoms with Crippen molar-refractivity contribution < 1.29 is 14.3 Å². The molecule has 0 aromatic heterocycles. The van der Waals surface area contributed by atoms with Crippen LogP contribution in [-0.2, 0) is 9.53 Å². The average molecular weight is 250 g/mol. The molecular formula is C13H18N2O3. The maximum Gasteiger partial charge on any atom is 0.325 e. The minimum Gasteiger partial charge on any atom is -0.465 e. The summed E-state index contributed by atoms with van der Waals surface area (Å²) >= 11 is 0. The topological polar surface area (TPSA) is 58.6 Å². The molecule has 1 rings (SSSR count). The number of nitrogens with one attached hydrogen (secondary N) is 1. The van der Waals surface area contributed by atoms with Crippen molar-refractivity contribution in [2.45, 2.75) is 13.8 Å². The first-order valence-electron chi connectivity index (χ1n) is 5.79. The number of para-hydroxylation sites is 1. The van der Waals surface area contributed by atoms with Crippen LogP contribution in [-0.4, -0.2) is 32.2 Å². The Balaban J connectivity index is 2.57. The lowest BCUT2D eigenvalue weighted by Gasteiger charge is -2.19. The van der Waals surface area contributed by atoms with Gasteiger partial charge in [0.25, 0.3) is 0 Å². The number of hydrogen-bond acceptors (Lipinski definition) is 3. The number of ether oxygens (including phenoxy) is 1. The molecule has 0 saturated carbocycles. The quantitative estimate of drug-likeness (QED) is 0.827. The fourth-order valence-electron chi connectivity index (χ4n) is 1.53. The first-order valence-corrected chi connectivity index (χ1v) is 5.79. The van der Waals surface area contributed by atoms with E-state index in [4.69, 9.17) is 4.74 Å². The Kier molecular flexibility index (Phi) is 5.17. The second-order valence-corrected chi connectivity index (χ2v) is 3.81. The minimum absolute atomic E-state index is 0.122. The number of amides is 2. The van der Waals surface area contributed by atoms with Crippen molar-refractivity contribution in [1.29, 1.82) is 0 Å². The van der Waals surface area contributed by atoms with E-state index in [2.05, 4.69) is 5.32 Å². The molecule has 2 amide bonds. The third kappa shape index (κ3) is 3.76. The summed E-state index contributed by atoms with van der Waals surface area (Å²) in [6, 6.07) is 7.20. The molecule has 1 N–H and O–H groups in total. The number of nitrogens with zero attached hydrogens (tertiary/aromatic N) is 1. The lowest BCUT2D eigenvalue weighted by atomic mass is 10.2. The number of aryl methyl sites for hydroxylation is 1. The Morgan fingerprint density at radius 2 is 2.00 bits per heavy atom. The molecule has 1 aromatic carbocycles. The molecule has 18 heavy (non-hydrogen) atoms. The van der Waals surface area contributed by atoms with Gasteiger partial charge in [0, 0.05) is 12.7 Å². The van der Waals surface area contributed by atoms with Crippen molar-refractivity contribution in [3.63, 3.8) is 0 Å². The van der Waals surface area contributed by atoms with Gasteiger partial charge in [-0.05, 0) is 25.5 Å². The Labute approximate surface area is 107 Å². The summed E-state index contributed by atoms with van der Waals surface area (Å²) in [5.74, 6) is -0.441. The molecule has 0 saturated heterocycles. The number of anilines is 1. The first-order chi connectivity index (χ1) is 8.56. The molecule has 0 aliphatic heterocycles. The summed E-state index contributed by atoms with van der Waals surface area (Å²) in [5.41, 5.74) is 1.80. The Morgan fingerprint density at radius 3 is 2.61 bits per heavy atom. The maximum absolute atomic E-state index is 11.8. The average Bonchev–Trinajstić information content (AvgIpc) is 2.36. The molecule has 0 radical (unpaired) electrons. The number of esters is 1. The fraction of sp³-hybridized carbons (Fsp3) is 0.385. The molecule has 5 heteroatoms. The van der Waals surface area contributed by atoms with Crippen LogP contribution in [0.15, 0.2) is 24.3 Å². The zero-order valence-electron chi connectivity index (χ0n) is 10.9. The van der Waals surface area contributed by atoms with E-state index in [-0.39, 0.29) is 12.6 Å². The normalized spacial score (nSPS) is 9.72. The largest absolute Gasteiger partial charge is 0.465 e. The van der Waals surface area contributed by atoms with E-state index in [1.807, 2.05) is 31.2 Å². The van der Waals surface area contributed by atoms with Gasteiger partial charge in [0.1, 0.15) is 6.54 Å². The summed E-state index contributed by atoms with van der Waals surface area (Å²) < 4.78 is 4.73. The van der Waals surface area contributed by atoms with Gasteiger partial charge in [-0.3, -0.25) is 9.69 Å². The number of carbonyl (C=O) groups excluding carboxylic acids is 2. The van der Waals surface area contributed by atoms with Crippen LogP contribution < -0.4 is 10.2 Å². The van der Waals surface area contributed by atoms with E-state index >= 15 is 0 Å². The minimum atomic E-state index is -0.441. The highest BCUT2D eigenvalue weighted by Crippen LogP contribution is 2.17. The second-order valence-electron chi connectivity index (χ2n) is 3.81. The van der Waals surface area contributed by atoms with Gasteiger partial charge in [-0.15, -0.1) is 0 Å². The summed E-state index contributed by atoms with van der Waals surface area (Å²) in [4.78, 5) is 24.4. The monoisotopic (exact) mass is 250 g/mol. The van der Waals surface area contributed by atoms with Crippen molar-refractivity contribution >= 4 is 17.7 Å². The molecule has 0 unspecified atom stereocenters. The van der Waals surface area contributed by atoms with Crippen LogP contribution in [0.25, 0.3) is 0 Å². The zero-order chi connectivity index (χ0) is 13.5. The van der Waals surface area contributed by atoms with Crippen LogP contribution in [0.1, 0.15) is 12.5 Å². The van der Waals surface area contributed by atoms with Crippen molar-refractivity contribution in [3.05, 3.63) is 29.8 Å². The number of hydrogen-bond donors (Lipinski definition) is 1. The summed E-state index contributed by atoms with van der Waals surface area (Å²) in [6.07, 6.45) is 0. The van der Waals surface area contributed by atoms with Gasteiger partial charge >= 0.3 is 12.0 Å². The molecule has 0 heterocycles. The SMILES string of the molecule is CCOC(=O)CNC(=O)N(C)c1ccccc1C. The predicted molar refractivity (Wildman–Crippen MR) is 69.6 cm³/mol. The standard InChI is InChI=1S/C13H18N2O3/c1-4-18-12(16)9-14-13(17)15(3)11-8-6-5-7-10(11)2/h5-8H,4,9H2,1-3H3,(H,14,17). The molecule has 0 aliphatic rings. The van der Waals surface area contributed by atoms with Crippen LogP contribution in [0.4, 0.5) is 10.5 Å². The van der Waals surface area contributed by atoms with E-state index in [1.165, 1.54) is 4.90 Å². The third-order valence-corrected chi connectivity index (χ3v) is 2.47. The summed E-state index contributed by atoms with van der Waals surface area (Å²) in [5, 5.41) is 2.51. The number of urea groups is 1. The molecule has 5 nitrogen and oxygen atoms in total. The number of benzene rings is 1. The van der Waals surface area contributed by atoms with Gasteiger partial charge in [-0.1, -0.05) is 18.2 Å². The van der Waals surface area contributed by atoms with Crippen LogP contribution >= 0.6 is 0 Å². The molecule has 0 aliphatic carbocycles. The van der Waals surface area contributed by atoms with Gasteiger partial charge < -0.3 is 10.1 Å². The van der Waals surface area contributed by atoms with Crippen LogP contribution in [0.2, 0.25) is 0 Å². The zero-order valence-corrected chi connectivity index (χ0v) is 10.9. The van der Waals surface area contributed by atoms with E-state index in [0.29, 0.717) is 6.61 Å². The van der Waals surface area contributed by atoms with Gasteiger partial charge in [0.05, 0.1) is 6.61 Å². The first kappa shape index (κ1) is 14.0. The summed E-state index contributed by atoms with van der Waals surface area (Å²) in [7, 11) is 1.66. The number of carbonyl (C=O) groups is 2. The highest BCUT2D eigenvalue weighted by molar-refractivity contribution is 5.93. The van der Waals surface area contributed by atoms with Crippen LogP contribution in [0, 0.1) is 6.92 Å². The Bertz CT molecular complexity index is 432. The molecule has 0 fully saturated rings. The Morgan fingerprint density at radius 1 is 1.33 bits per heavy atom. The smallest absolute Gasteiger partial charge is 0.325 e. The fourth-order valence-corrected chi connectivity index (χ4v) is 1.53. The van der Waals surface area contributed by atoms with Gasteiger partial charge in [0.2, 0.25) is 0 Å². The van der Waals surface area contributed by atoms with Gasteiger partial charge in [-0.25, -0.2) is 4.79 Å². The van der Waals surface area contributed by atoms with Crippen molar-refractivity contribution in [2.24, 2.45) is 0 Å². The summed E-state index contributed by atoms with van der Waals surface area (Å²) in [6.45, 7) is 3.83. The van der Waals surface area contributed by atoms with E-state index in [1.54, 1.807) is 14.0 Å². The molecule has 1 aromatic rings. The number of rotatable bonds is 4. The predicted octanol–water partition coefficient (Wildman–Crippen LogP) is 1.70. The van der Waals surface area contributed by atoms with Crippen molar-refractivity contribution in [2.75, 3.05) is 25.1 Å². The molecule has 0 spiro atoms. The molecular weight excluding hydrogens is 232 g/mol. The van der Waals surface area contributed by atoms with Crippen LogP contribution in [0.3, 0.4) is 0 Å². The van der Waals surface area contributed by atoms with E-state index < -0.39 is 5.97 Å². The molecule has 0 atom stereocenters. The second kappa shape index (κ2) is 6.64. The van der Waals surface area contributed by atoms with Crippen LogP contribution in [0.5, 0.6) is 0 Å². The molecule has 98 valence electrons. The van der Waals surface area contributed by atoms with Crippen molar-refractivity contribution in [1.82, 2.24) is 5.32 Å². The van der Waals surface area contributed by atoms with Crippen molar-refractivity contribution in [3.8, 4) is 0 Å². The highest BCUT2D eigenvalue weighted by atomic mass is 16.5. The maximum atomic E-state index is 11.8. The molecule has 0 bridgehead atoms.